The lowest BCUT2D eigenvalue weighted by Gasteiger charge is -2.22. The van der Waals surface area contributed by atoms with Crippen molar-refractivity contribution in [3.63, 3.8) is 0 Å². The van der Waals surface area contributed by atoms with Gasteiger partial charge in [-0.25, -0.2) is 0 Å². The molecule has 0 unspecified atom stereocenters. The molecule has 62 valence electrons. The molecule has 0 fully saturated rings. The topological polar surface area (TPSA) is 0 Å². The second-order valence-corrected chi connectivity index (χ2v) is 4.19. The Hall–Kier alpha value is 0.350. The third-order valence-corrected chi connectivity index (χ3v) is 2.22. The van der Waals surface area contributed by atoms with E-state index in [0.29, 0.717) is 5.41 Å². The lowest BCUT2D eigenvalue weighted by molar-refractivity contribution is 0.314. The van der Waals surface area contributed by atoms with Crippen molar-refractivity contribution >= 4 is 12.6 Å². The predicted octanol–water partition coefficient (Wildman–Crippen LogP) is 3.52. The smallest absolute Gasteiger partial charge is 0.00928 e. The van der Waals surface area contributed by atoms with Crippen LogP contribution in [0.1, 0.15) is 46.5 Å². The summed E-state index contributed by atoms with van der Waals surface area (Å²) in [6.45, 7) is 6.91. The zero-order chi connectivity index (χ0) is 8.04. The first-order valence-electron chi connectivity index (χ1n) is 4.23. The Bertz CT molecular complexity index is 76.8. The molecule has 0 saturated heterocycles. The van der Waals surface area contributed by atoms with E-state index in [-0.39, 0.29) is 0 Å². The summed E-state index contributed by atoms with van der Waals surface area (Å²) in [5, 5.41) is 0. The Morgan fingerprint density at radius 3 is 2.20 bits per heavy atom. The summed E-state index contributed by atoms with van der Waals surface area (Å²) in [4.78, 5) is 0. The van der Waals surface area contributed by atoms with Gasteiger partial charge in [0.25, 0.3) is 0 Å². The molecule has 0 amide bonds. The summed E-state index contributed by atoms with van der Waals surface area (Å²) in [7, 11) is 0. The molecule has 0 spiro atoms. The van der Waals surface area contributed by atoms with Gasteiger partial charge >= 0.3 is 0 Å². The van der Waals surface area contributed by atoms with E-state index in [4.69, 9.17) is 0 Å². The van der Waals surface area contributed by atoms with Crippen LogP contribution in [-0.2, 0) is 0 Å². The fraction of sp³-hybridized carbons (Fsp3) is 1.00. The molecule has 0 aromatic rings. The van der Waals surface area contributed by atoms with Gasteiger partial charge in [0, 0.05) is 0 Å². The van der Waals surface area contributed by atoms with E-state index in [1.54, 1.807) is 0 Å². The van der Waals surface area contributed by atoms with Gasteiger partial charge in [0.1, 0.15) is 0 Å². The quantitative estimate of drug-likeness (QED) is 0.584. The molecule has 0 heterocycles. The highest BCUT2D eigenvalue weighted by Gasteiger charge is 2.14. The fourth-order valence-corrected chi connectivity index (χ4v) is 1.69. The van der Waals surface area contributed by atoms with Gasteiger partial charge in [-0.3, -0.25) is 0 Å². The number of hydrogen-bond donors (Lipinski definition) is 1. The molecule has 0 saturated carbocycles. The molecular weight excluding hydrogens is 140 g/mol. The van der Waals surface area contributed by atoms with Crippen LogP contribution in [0, 0.1) is 5.41 Å². The van der Waals surface area contributed by atoms with Crippen molar-refractivity contribution in [3.8, 4) is 0 Å². The minimum atomic E-state index is 0.526. The van der Waals surface area contributed by atoms with E-state index >= 15 is 0 Å². The Kier molecular flexibility index (Phi) is 5.24. The van der Waals surface area contributed by atoms with Gasteiger partial charge in [0.2, 0.25) is 0 Å². The van der Waals surface area contributed by atoms with Crippen LogP contribution in [0.4, 0.5) is 0 Å². The standard InChI is InChI=1S/C9H20S/c1-4-5-6-9(2,3)7-8-10/h10H,4-8H2,1-3H3. The van der Waals surface area contributed by atoms with E-state index < -0.39 is 0 Å². The van der Waals surface area contributed by atoms with Crippen molar-refractivity contribution in [2.45, 2.75) is 46.5 Å². The van der Waals surface area contributed by atoms with Crippen LogP contribution in [-0.4, -0.2) is 5.75 Å². The van der Waals surface area contributed by atoms with Crippen LogP contribution in [0.3, 0.4) is 0 Å². The molecule has 0 aliphatic heterocycles. The van der Waals surface area contributed by atoms with Gasteiger partial charge in [0.05, 0.1) is 0 Å². The molecule has 0 radical (unpaired) electrons. The van der Waals surface area contributed by atoms with Gasteiger partial charge in [-0.2, -0.15) is 12.6 Å². The van der Waals surface area contributed by atoms with E-state index in [1.807, 2.05) is 0 Å². The number of hydrogen-bond acceptors (Lipinski definition) is 1. The van der Waals surface area contributed by atoms with Crippen molar-refractivity contribution in [2.75, 3.05) is 5.75 Å². The molecule has 0 nitrogen and oxygen atoms in total. The highest BCUT2D eigenvalue weighted by Crippen LogP contribution is 2.27. The largest absolute Gasteiger partial charge is 0.179 e. The van der Waals surface area contributed by atoms with Crippen LogP contribution in [0.5, 0.6) is 0 Å². The maximum atomic E-state index is 4.24. The van der Waals surface area contributed by atoms with E-state index in [9.17, 15) is 0 Å². The van der Waals surface area contributed by atoms with Crippen molar-refractivity contribution in [2.24, 2.45) is 5.41 Å². The van der Waals surface area contributed by atoms with Gasteiger partial charge in [-0.1, -0.05) is 33.6 Å². The first kappa shape index (κ1) is 10.3. The third kappa shape index (κ3) is 5.16. The molecule has 1 heteroatoms. The van der Waals surface area contributed by atoms with Crippen molar-refractivity contribution in [1.29, 1.82) is 0 Å². The Labute approximate surface area is 70.8 Å². The molecule has 0 aromatic carbocycles. The van der Waals surface area contributed by atoms with Crippen molar-refractivity contribution < 1.29 is 0 Å². The minimum absolute atomic E-state index is 0.526. The lowest BCUT2D eigenvalue weighted by Crippen LogP contribution is -2.11. The molecule has 0 bridgehead atoms. The van der Waals surface area contributed by atoms with Gasteiger partial charge in [-0.15, -0.1) is 0 Å². The second kappa shape index (κ2) is 5.06. The first-order valence-corrected chi connectivity index (χ1v) is 4.86. The normalized spacial score (nSPS) is 12.0. The molecule has 0 rings (SSSR count). The highest BCUT2D eigenvalue weighted by atomic mass is 32.1. The lowest BCUT2D eigenvalue weighted by atomic mass is 9.85. The number of rotatable bonds is 5. The van der Waals surface area contributed by atoms with Crippen LogP contribution in [0.15, 0.2) is 0 Å². The number of thiol groups is 1. The van der Waals surface area contributed by atoms with E-state index in [1.165, 1.54) is 25.7 Å². The summed E-state index contributed by atoms with van der Waals surface area (Å²) >= 11 is 4.24. The first-order chi connectivity index (χ1) is 4.62. The summed E-state index contributed by atoms with van der Waals surface area (Å²) in [6, 6.07) is 0. The van der Waals surface area contributed by atoms with Gasteiger partial charge < -0.3 is 0 Å². The third-order valence-electron chi connectivity index (χ3n) is 2.00. The molecule has 10 heavy (non-hydrogen) atoms. The molecule has 0 N–H and O–H groups in total. The van der Waals surface area contributed by atoms with Crippen LogP contribution < -0.4 is 0 Å². The van der Waals surface area contributed by atoms with E-state index in [0.717, 1.165) is 5.75 Å². The fourth-order valence-electron chi connectivity index (χ4n) is 1.08. The summed E-state index contributed by atoms with van der Waals surface area (Å²) in [5.74, 6) is 1.02. The molecule has 0 aromatic heterocycles. The monoisotopic (exact) mass is 160 g/mol. The Morgan fingerprint density at radius 2 is 1.80 bits per heavy atom. The predicted molar refractivity (Wildman–Crippen MR) is 51.8 cm³/mol. The average molecular weight is 160 g/mol. The second-order valence-electron chi connectivity index (χ2n) is 3.74. The zero-order valence-electron chi connectivity index (χ0n) is 7.48. The summed E-state index contributed by atoms with van der Waals surface area (Å²) < 4.78 is 0. The maximum Gasteiger partial charge on any atom is -0.00928 e. The van der Waals surface area contributed by atoms with Gasteiger partial charge in [-0.05, 0) is 24.0 Å². The SMILES string of the molecule is CCCCC(C)(C)CCS. The Balaban J connectivity index is 3.42. The minimum Gasteiger partial charge on any atom is -0.179 e. The summed E-state index contributed by atoms with van der Waals surface area (Å²) in [5.41, 5.74) is 0.526. The number of unbranched alkanes of at least 4 members (excludes halogenated alkanes) is 1. The zero-order valence-corrected chi connectivity index (χ0v) is 8.38. The molecule has 0 aliphatic carbocycles. The average Bonchev–Trinajstić information content (AvgIpc) is 1.84. The maximum absolute atomic E-state index is 4.24. The van der Waals surface area contributed by atoms with Crippen molar-refractivity contribution in [3.05, 3.63) is 0 Å². The van der Waals surface area contributed by atoms with Crippen LogP contribution in [0.2, 0.25) is 0 Å². The van der Waals surface area contributed by atoms with Crippen LogP contribution in [0.25, 0.3) is 0 Å². The molecular formula is C9H20S. The van der Waals surface area contributed by atoms with E-state index in [2.05, 4.69) is 33.4 Å². The summed E-state index contributed by atoms with van der Waals surface area (Å²) in [6.07, 6.45) is 5.27. The van der Waals surface area contributed by atoms with Crippen molar-refractivity contribution in [1.82, 2.24) is 0 Å². The molecule has 0 aliphatic rings. The highest BCUT2D eigenvalue weighted by molar-refractivity contribution is 7.80. The molecule has 0 atom stereocenters. The van der Waals surface area contributed by atoms with Gasteiger partial charge in [0.15, 0.2) is 0 Å². The van der Waals surface area contributed by atoms with Crippen LogP contribution >= 0.6 is 12.6 Å². The Morgan fingerprint density at radius 1 is 1.20 bits per heavy atom.